The Labute approximate surface area is 167 Å². The van der Waals surface area contributed by atoms with E-state index in [1.165, 1.54) is 7.11 Å². The Morgan fingerprint density at radius 2 is 1.79 bits per heavy atom. The minimum Gasteiger partial charge on any atom is -0.508 e. The predicted octanol–water partition coefficient (Wildman–Crippen LogP) is 5.08. The zero-order valence-corrected chi connectivity index (χ0v) is 16.0. The number of fused-ring (bicyclic) bond motifs is 1. The third-order valence-corrected chi connectivity index (χ3v) is 4.94. The van der Waals surface area contributed by atoms with Gasteiger partial charge in [0.1, 0.15) is 5.75 Å². The Hall–Kier alpha value is -3.24. The van der Waals surface area contributed by atoms with Crippen LogP contribution >= 0.6 is 11.6 Å². The van der Waals surface area contributed by atoms with Gasteiger partial charge in [-0.1, -0.05) is 54.1 Å². The van der Waals surface area contributed by atoms with Gasteiger partial charge in [-0.15, -0.1) is 0 Å². The first-order valence-electron chi connectivity index (χ1n) is 8.82. The molecule has 0 aliphatic carbocycles. The van der Waals surface area contributed by atoms with Crippen LogP contribution in [0, 0.1) is 0 Å². The lowest BCUT2D eigenvalue weighted by molar-refractivity contribution is 0.407. The number of ether oxygens (including phenoxy) is 1. The van der Waals surface area contributed by atoms with Crippen LogP contribution in [-0.2, 0) is 6.54 Å². The number of rotatable bonds is 4. The molecule has 1 N–H and O–H groups in total. The van der Waals surface area contributed by atoms with Gasteiger partial charge in [0.2, 0.25) is 0 Å². The van der Waals surface area contributed by atoms with Crippen molar-refractivity contribution in [2.24, 2.45) is 0 Å². The first-order chi connectivity index (χ1) is 13.6. The van der Waals surface area contributed by atoms with Gasteiger partial charge in [0, 0.05) is 16.0 Å². The number of phenols is 1. The highest BCUT2D eigenvalue weighted by Crippen LogP contribution is 2.36. The zero-order valence-electron chi connectivity index (χ0n) is 15.2. The summed E-state index contributed by atoms with van der Waals surface area (Å²) in [6.45, 7) is 0.339. The monoisotopic (exact) mass is 391 g/mol. The maximum Gasteiger partial charge on any atom is 0.294 e. The summed E-state index contributed by atoms with van der Waals surface area (Å²) in [6, 6.07) is 21.9. The van der Waals surface area contributed by atoms with Gasteiger partial charge in [0.15, 0.2) is 5.75 Å². The van der Waals surface area contributed by atoms with E-state index in [9.17, 15) is 9.90 Å². The summed E-state index contributed by atoms with van der Waals surface area (Å²) >= 11 is 6.11. The molecule has 0 amide bonds. The van der Waals surface area contributed by atoms with Gasteiger partial charge >= 0.3 is 0 Å². The second-order valence-electron chi connectivity index (χ2n) is 6.50. The summed E-state index contributed by atoms with van der Waals surface area (Å²) < 4.78 is 7.18. The molecule has 0 saturated carbocycles. The molecule has 0 spiro atoms. The quantitative estimate of drug-likeness (QED) is 0.527. The second kappa shape index (κ2) is 7.41. The summed E-state index contributed by atoms with van der Waals surface area (Å²) in [4.78, 5) is 13.3. The molecular formula is C23H18ClNO3. The highest BCUT2D eigenvalue weighted by atomic mass is 35.5. The van der Waals surface area contributed by atoms with Crippen molar-refractivity contribution in [3.63, 3.8) is 0 Å². The molecule has 3 aromatic carbocycles. The van der Waals surface area contributed by atoms with E-state index in [0.29, 0.717) is 22.6 Å². The van der Waals surface area contributed by atoms with Crippen LogP contribution in [0.2, 0.25) is 5.02 Å². The van der Waals surface area contributed by atoms with Gasteiger partial charge < -0.3 is 14.4 Å². The number of aromatic hydroxyl groups is 1. The van der Waals surface area contributed by atoms with E-state index >= 15 is 0 Å². The second-order valence-corrected chi connectivity index (χ2v) is 6.93. The van der Waals surface area contributed by atoms with Gasteiger partial charge in [0.25, 0.3) is 5.56 Å². The first-order valence-corrected chi connectivity index (χ1v) is 9.19. The summed E-state index contributed by atoms with van der Waals surface area (Å²) in [5.41, 5.74) is 2.89. The van der Waals surface area contributed by atoms with Crippen LogP contribution in [0.3, 0.4) is 0 Å². The topological polar surface area (TPSA) is 51.5 Å². The lowest BCUT2D eigenvalue weighted by atomic mass is 9.99. The van der Waals surface area contributed by atoms with Crippen molar-refractivity contribution in [2.45, 2.75) is 6.54 Å². The van der Waals surface area contributed by atoms with Gasteiger partial charge in [-0.05, 0) is 41.5 Å². The van der Waals surface area contributed by atoms with Gasteiger partial charge in [-0.2, -0.15) is 0 Å². The fraction of sp³-hybridized carbons (Fsp3) is 0.0870. The number of methoxy groups -OCH3 is 1. The Bertz CT molecular complexity index is 1220. The van der Waals surface area contributed by atoms with Crippen molar-refractivity contribution >= 4 is 22.5 Å². The highest BCUT2D eigenvalue weighted by Gasteiger charge is 2.19. The van der Waals surface area contributed by atoms with Crippen LogP contribution in [0.15, 0.2) is 77.6 Å². The fourth-order valence-electron chi connectivity index (χ4n) is 3.48. The normalized spacial score (nSPS) is 10.9. The van der Waals surface area contributed by atoms with Crippen LogP contribution in [0.5, 0.6) is 11.5 Å². The Kier molecular flexibility index (Phi) is 4.80. The van der Waals surface area contributed by atoms with Crippen LogP contribution < -0.4 is 10.3 Å². The van der Waals surface area contributed by atoms with E-state index in [1.54, 1.807) is 28.8 Å². The highest BCUT2D eigenvalue weighted by molar-refractivity contribution is 6.30. The molecule has 0 bridgehead atoms. The molecule has 28 heavy (non-hydrogen) atoms. The number of aromatic nitrogens is 1. The Morgan fingerprint density at radius 3 is 2.50 bits per heavy atom. The van der Waals surface area contributed by atoms with E-state index in [-0.39, 0.29) is 17.1 Å². The minimum absolute atomic E-state index is 0.125. The van der Waals surface area contributed by atoms with Crippen molar-refractivity contribution in [1.29, 1.82) is 0 Å². The molecule has 0 fully saturated rings. The number of halogens is 1. The van der Waals surface area contributed by atoms with E-state index < -0.39 is 0 Å². The van der Waals surface area contributed by atoms with Crippen molar-refractivity contribution in [1.82, 2.24) is 4.57 Å². The number of nitrogens with zero attached hydrogens (tertiary/aromatic N) is 1. The lowest BCUT2D eigenvalue weighted by Crippen LogP contribution is -2.23. The first kappa shape index (κ1) is 18.1. The number of phenolic OH excluding ortho intramolecular Hbond substituents is 1. The number of hydrogen-bond donors (Lipinski definition) is 1. The SMILES string of the molecule is COc1c(-c2ccccc2)c2cc(O)ccc2n(Cc2cccc(Cl)c2)c1=O. The van der Waals surface area contributed by atoms with E-state index in [0.717, 1.165) is 16.5 Å². The summed E-state index contributed by atoms with van der Waals surface area (Å²) in [6.07, 6.45) is 0. The fourth-order valence-corrected chi connectivity index (χ4v) is 3.69. The number of benzene rings is 3. The molecule has 0 aliphatic heterocycles. The molecule has 4 rings (SSSR count). The van der Waals surface area contributed by atoms with Crippen LogP contribution in [-0.4, -0.2) is 16.8 Å². The largest absolute Gasteiger partial charge is 0.508 e. The third kappa shape index (κ3) is 3.23. The van der Waals surface area contributed by atoms with Crippen molar-refractivity contribution in [3.8, 4) is 22.6 Å². The molecule has 140 valence electrons. The Morgan fingerprint density at radius 1 is 1.00 bits per heavy atom. The number of hydrogen-bond acceptors (Lipinski definition) is 3. The standard InChI is InChI=1S/C23H18ClNO3/c1-28-22-21(16-7-3-2-4-8-16)19-13-18(26)10-11-20(19)25(23(22)27)14-15-6-5-9-17(24)12-15/h2-13,26H,14H2,1H3. The molecule has 0 radical (unpaired) electrons. The molecular weight excluding hydrogens is 374 g/mol. The minimum atomic E-state index is -0.237. The predicted molar refractivity (Wildman–Crippen MR) is 112 cm³/mol. The smallest absolute Gasteiger partial charge is 0.294 e. The van der Waals surface area contributed by atoms with E-state index in [4.69, 9.17) is 16.3 Å². The molecule has 0 saturated heterocycles. The van der Waals surface area contributed by atoms with Gasteiger partial charge in [-0.3, -0.25) is 4.79 Å². The van der Waals surface area contributed by atoms with Crippen molar-refractivity contribution in [2.75, 3.05) is 7.11 Å². The molecule has 0 aliphatic rings. The van der Waals surface area contributed by atoms with Crippen molar-refractivity contribution < 1.29 is 9.84 Å². The zero-order chi connectivity index (χ0) is 19.7. The summed E-state index contributed by atoms with van der Waals surface area (Å²) in [5, 5.41) is 11.5. The van der Waals surface area contributed by atoms with Gasteiger partial charge in [-0.25, -0.2) is 0 Å². The summed E-state index contributed by atoms with van der Waals surface area (Å²) in [5.74, 6) is 0.367. The molecule has 5 heteroatoms. The maximum absolute atomic E-state index is 13.3. The van der Waals surface area contributed by atoms with Crippen LogP contribution in [0.4, 0.5) is 0 Å². The summed E-state index contributed by atoms with van der Waals surface area (Å²) in [7, 11) is 1.49. The van der Waals surface area contributed by atoms with Crippen LogP contribution in [0.1, 0.15) is 5.56 Å². The van der Waals surface area contributed by atoms with Crippen LogP contribution in [0.25, 0.3) is 22.0 Å². The molecule has 1 heterocycles. The Balaban J connectivity index is 2.05. The third-order valence-electron chi connectivity index (χ3n) is 4.70. The molecule has 0 atom stereocenters. The molecule has 0 unspecified atom stereocenters. The maximum atomic E-state index is 13.3. The molecule has 4 aromatic rings. The van der Waals surface area contributed by atoms with E-state index in [1.807, 2.05) is 48.5 Å². The average Bonchev–Trinajstić information content (AvgIpc) is 2.70. The molecule has 4 nitrogen and oxygen atoms in total. The number of pyridine rings is 1. The van der Waals surface area contributed by atoms with Crippen molar-refractivity contribution in [3.05, 3.63) is 93.7 Å². The average molecular weight is 392 g/mol. The van der Waals surface area contributed by atoms with E-state index in [2.05, 4.69) is 0 Å². The van der Waals surface area contributed by atoms with Gasteiger partial charge in [0.05, 0.1) is 19.2 Å². The molecule has 1 aromatic heterocycles. The lowest BCUT2D eigenvalue weighted by Gasteiger charge is -2.18.